The van der Waals surface area contributed by atoms with Crippen molar-refractivity contribution in [1.29, 1.82) is 0 Å². The molecule has 774 valence electrons. The quantitative estimate of drug-likeness (QED) is 0.00457. The van der Waals surface area contributed by atoms with Gasteiger partial charge < -0.3 is 98.9 Å². The van der Waals surface area contributed by atoms with Crippen molar-refractivity contribution in [2.75, 3.05) is 144 Å². The molecule has 0 saturated heterocycles. The summed E-state index contributed by atoms with van der Waals surface area (Å²) in [7, 11) is 13.8. The van der Waals surface area contributed by atoms with Gasteiger partial charge >= 0.3 is 82.0 Å². The number of carboxylic acids is 1. The number of methoxy groups -OCH3 is 9. The van der Waals surface area contributed by atoms with E-state index in [-0.39, 0.29) is 90.5 Å². The number of nitrogens with one attached hydrogen (secondary N) is 1. The number of thiol groups is 1. The van der Waals surface area contributed by atoms with Gasteiger partial charge in [0.2, 0.25) is 0 Å². The molecule has 3 amide bonds. The molecule has 0 fully saturated rings. The minimum absolute atomic E-state index is 0. The fourth-order valence-electron chi connectivity index (χ4n) is 11.7. The van der Waals surface area contributed by atoms with Gasteiger partial charge in [-0.05, 0) is 208 Å². The third kappa shape index (κ3) is 54.8. The Morgan fingerprint density at radius 3 is 1.13 bits per heavy atom. The van der Waals surface area contributed by atoms with Gasteiger partial charge in [-0.15, -0.1) is 124 Å². The molecule has 0 unspecified atom stereocenters. The second kappa shape index (κ2) is 80.2. The smallest absolute Gasteiger partial charge is 0.870 e. The molecule has 4 aliphatic heterocycles. The van der Waals surface area contributed by atoms with Crippen LogP contribution in [0.5, 0.6) is 40.2 Å². The summed E-state index contributed by atoms with van der Waals surface area (Å²) in [4.78, 5) is 112. The third-order valence-electron chi connectivity index (χ3n) is 18.7. The SMILES string of the molecule is Br.C.COC(=O)C(=O)Cl.COC(=O)C(=O)N1CCSc2ccc(OC)cc2C1.COc1ccc(S)cc1.COc1ccc(SCCCC(=O)OCc2ccccc2)cc1.COc1ccc(SCCN)cc1.COc1ccc2c(c1)CN(C(=O)C(=O)O)CCS2.COc1ccc2c(c1)CN(C(=O)OCc1ccccc1)CCS2.COc1ccc2c(c1)CNCCS2.Cl.NCCCl.O=C(Cl)OCc1ccccc1.[Na+].[OH-]. The normalized spacial score (nSPS) is 11.7. The van der Waals surface area contributed by atoms with Crippen molar-refractivity contribution in [2.45, 2.75) is 101 Å². The van der Waals surface area contributed by atoms with Crippen LogP contribution in [-0.2, 0) is 103 Å². The maximum Gasteiger partial charge on any atom is 1.00 e. The molecule has 4 heterocycles. The summed E-state index contributed by atoms with van der Waals surface area (Å²) in [6.07, 6.45) is 0.991. The molecule has 4 aliphatic rings. The molecule has 14 rings (SSSR count). The molecule has 143 heavy (non-hydrogen) atoms. The fourth-order valence-corrected chi connectivity index (χ4v) is 17.5. The first kappa shape index (κ1) is 134. The second-order valence-electron chi connectivity index (χ2n) is 28.2. The Labute approximate surface area is 922 Å². The number of thioether (sulfide) groups is 6. The average Bonchev–Trinajstić information content (AvgIpc) is 1.73. The number of carbonyl (C=O) groups excluding carboxylic acids is 8. The van der Waals surface area contributed by atoms with Crippen LogP contribution in [0.3, 0.4) is 0 Å². The molecule has 7 N–H and O–H groups in total. The average molecular weight is 2260 g/mol. The van der Waals surface area contributed by atoms with Crippen LogP contribution in [0.15, 0.2) is 271 Å². The number of halogens is 5. The molecule has 42 heteroatoms. The number of esters is 3. The van der Waals surface area contributed by atoms with Crippen LogP contribution in [0.4, 0.5) is 9.59 Å². The number of hydrogen-bond donors (Lipinski definition) is 5. The van der Waals surface area contributed by atoms with E-state index in [1.54, 1.807) is 113 Å². The number of nitrogens with zero attached hydrogens (tertiary/aromatic N) is 3. The Balaban J connectivity index is 0.00000160. The molecule has 0 bridgehead atoms. The zero-order valence-electron chi connectivity index (χ0n) is 80.4. The van der Waals surface area contributed by atoms with Gasteiger partial charge in [0.15, 0.2) is 0 Å². The molecular formula is C101H124BrCl4N6NaO23S7. The first-order chi connectivity index (χ1) is 66.8. The van der Waals surface area contributed by atoms with Crippen molar-refractivity contribution < 1.29 is 140 Å². The summed E-state index contributed by atoms with van der Waals surface area (Å²) < 4.78 is 59.5. The summed E-state index contributed by atoms with van der Waals surface area (Å²) in [6.45, 7) is 7.13. The van der Waals surface area contributed by atoms with E-state index in [1.165, 1.54) is 42.1 Å². The van der Waals surface area contributed by atoms with Gasteiger partial charge in [0, 0.05) is 146 Å². The predicted molar refractivity (Wildman–Crippen MR) is 578 cm³/mol. The van der Waals surface area contributed by atoms with Crippen LogP contribution < -0.4 is 79.5 Å². The van der Waals surface area contributed by atoms with Crippen molar-refractivity contribution in [3.05, 3.63) is 276 Å². The first-order valence-corrected chi connectivity index (χ1v) is 50.3. The number of carbonyl (C=O) groups is 9. The summed E-state index contributed by atoms with van der Waals surface area (Å²) in [6, 6.07) is 76.0. The van der Waals surface area contributed by atoms with E-state index in [0.29, 0.717) is 82.8 Å². The Kier molecular flexibility index (Phi) is 75.1. The summed E-state index contributed by atoms with van der Waals surface area (Å²) in [5.41, 5.74) is 16.8. The van der Waals surface area contributed by atoms with Crippen LogP contribution in [0.2, 0.25) is 0 Å². The van der Waals surface area contributed by atoms with Crippen molar-refractivity contribution in [3.63, 3.8) is 0 Å². The second-order valence-corrected chi connectivity index (χ2v) is 36.6. The van der Waals surface area contributed by atoms with Gasteiger partial charge in [0.25, 0.3) is 0 Å². The van der Waals surface area contributed by atoms with Crippen molar-refractivity contribution >= 4 is 200 Å². The summed E-state index contributed by atoms with van der Waals surface area (Å²) >= 11 is 29.2. The molecule has 10 aromatic rings. The monoisotopic (exact) mass is 2250 g/mol. The van der Waals surface area contributed by atoms with Crippen LogP contribution in [0.1, 0.15) is 59.2 Å². The zero-order chi connectivity index (χ0) is 101. The zero-order valence-corrected chi connectivity index (χ0v) is 93.0. The third-order valence-corrected chi connectivity index (χ3v) is 26.0. The number of hydrogen-bond acceptors (Lipinski definition) is 32. The standard InChI is InChI=1S/C18H19NO3S.C18H20O3S.C13H15NO4S.C12H13NO4S.C10H13NOS.C9H13NOS.C8H7ClO2.C7H8OS.C3H3ClO3.C2H6ClN.CH4.BrH.ClH.Na.H2O/c1-21-16-7-8-17-15(11-16)12-19(9-10-23-17)18(20)22-13-14-5-3-2-4-6-14;1-20-16-9-11-17(12-10-16)22-13-5-8-18(19)21-14-15-6-3-2-4-7-15;1-17-10-3-4-11-9(7-10)8-14(5-6-19-11)12(15)13(16)18-2;1-17-9-2-3-10-8(6-9)7-13(4-5-18-10)11(14)12(15)16;1-12-9-2-3-10-8(6-9)7-11-4-5-13-10;1-11-8-2-4-9(5-3-8)12-7-6-10;9-8(10)11-6-7-4-2-1-3-5-7;1-8-6-2-4-7(9)5-3-6;1-7-3(6)2(4)5;3-1-2-4;;;;;/h2-8,11H,9-10,12-13H2,1H3;2-4,6-7,9-12H,5,8,13-14H2,1H3;3-4,7H,5-6,8H2,1-2H3;2-3,6H,4-5,7H2,1H3,(H,15,16);2-3,6,11H,4-5,7H2,1H3;2-5H,6-7,10H2,1H3;1-5H,6H2;2-5,9H,1H3;1H3;1-2,4H2;1H4;2*1H;;1H2/q;;;;;;;;;;;;;+1;/p-1. The molecule has 0 aliphatic carbocycles. The molecule has 0 spiro atoms. The van der Waals surface area contributed by atoms with Crippen LogP contribution in [0.25, 0.3) is 0 Å². The van der Waals surface area contributed by atoms with Gasteiger partial charge in [-0.3, -0.25) is 19.2 Å². The number of ether oxygens (including phenoxy) is 12. The molecule has 0 aromatic heterocycles. The Hall–Kier alpha value is -9.04. The molecule has 10 aromatic carbocycles. The number of carboxylic acid groups (broad SMARTS) is 1. The van der Waals surface area contributed by atoms with Crippen LogP contribution in [-0.4, -0.2) is 221 Å². The van der Waals surface area contributed by atoms with Crippen LogP contribution in [0, 0.1) is 0 Å². The molecular weight excluding hydrogens is 2130 g/mol. The van der Waals surface area contributed by atoms with E-state index in [9.17, 15) is 43.2 Å². The Morgan fingerprint density at radius 2 is 0.769 bits per heavy atom. The fraction of sp³-hybridized carbons (Fsp3) is 0.317. The van der Waals surface area contributed by atoms with Gasteiger partial charge in [0.1, 0.15) is 60.1 Å². The number of aliphatic carboxylic acids is 1. The maximum absolute atomic E-state index is 12.4. The van der Waals surface area contributed by atoms with Crippen LogP contribution >= 0.6 is 147 Å². The van der Waals surface area contributed by atoms with Crippen molar-refractivity contribution in [1.82, 2.24) is 20.0 Å². The number of rotatable bonds is 23. The Bertz CT molecular complexity index is 5320. The van der Waals surface area contributed by atoms with E-state index in [0.717, 1.165) is 144 Å². The molecule has 0 radical (unpaired) electrons. The van der Waals surface area contributed by atoms with E-state index >= 15 is 0 Å². The maximum atomic E-state index is 12.4. The number of fused-ring (bicyclic) bond motifs is 4. The Morgan fingerprint density at radius 1 is 0.434 bits per heavy atom. The van der Waals surface area contributed by atoms with Gasteiger partial charge in [0.05, 0.1) is 70.5 Å². The topological polar surface area (TPSA) is 388 Å². The van der Waals surface area contributed by atoms with Gasteiger partial charge in [-0.1, -0.05) is 98.4 Å². The van der Waals surface area contributed by atoms with E-state index < -0.39 is 40.4 Å². The largest absolute Gasteiger partial charge is 1.00 e. The predicted octanol–water partition coefficient (Wildman–Crippen LogP) is 17.5. The molecule has 29 nitrogen and oxygen atoms in total. The van der Waals surface area contributed by atoms with Crippen molar-refractivity contribution in [2.24, 2.45) is 11.5 Å². The van der Waals surface area contributed by atoms with Crippen molar-refractivity contribution in [3.8, 4) is 40.2 Å². The van der Waals surface area contributed by atoms with E-state index in [4.69, 9.17) is 82.4 Å². The van der Waals surface area contributed by atoms with Gasteiger partial charge in [-0.2, -0.15) is 0 Å². The molecule has 0 atom stereocenters. The first-order valence-electron chi connectivity index (χ1n) is 42.7. The van der Waals surface area contributed by atoms with Gasteiger partial charge in [-0.25, -0.2) is 24.0 Å². The number of amides is 3. The summed E-state index contributed by atoms with van der Waals surface area (Å²) in [5.74, 6) is 6.86. The summed E-state index contributed by atoms with van der Waals surface area (Å²) in [5, 5.41) is 11.0. The minimum atomic E-state index is -1.41. The number of nitrogens with two attached hydrogens (primary N) is 2. The molecule has 0 saturated carbocycles. The van der Waals surface area contributed by atoms with E-state index in [1.807, 2.05) is 230 Å². The number of alkyl halides is 1. The van der Waals surface area contributed by atoms with E-state index in [2.05, 4.69) is 62.0 Å². The number of benzene rings is 10. The minimum Gasteiger partial charge on any atom is -0.870 e.